The first kappa shape index (κ1) is 38.5. The lowest BCUT2D eigenvalue weighted by Gasteiger charge is -2.15. The maximum Gasteiger partial charge on any atom is 0.160 e. The highest BCUT2D eigenvalue weighted by atomic mass is 16.3. The number of aromatic nitrogens is 2. The van der Waals surface area contributed by atoms with Crippen molar-refractivity contribution in [2.75, 3.05) is 0 Å². The zero-order valence-electron chi connectivity index (χ0n) is 36.4. The molecule has 13 rings (SSSR count). The summed E-state index contributed by atoms with van der Waals surface area (Å²) in [5.41, 5.74) is 13.9. The molecule has 0 fully saturated rings. The Morgan fingerprint density at radius 2 is 0.776 bits per heavy atom. The van der Waals surface area contributed by atoms with Crippen molar-refractivity contribution < 1.29 is 4.42 Å². The number of rotatable bonds is 7. The molecule has 3 heteroatoms. The Balaban J connectivity index is 0.838. The minimum absolute atomic E-state index is 0.687. The van der Waals surface area contributed by atoms with Crippen LogP contribution in [0.2, 0.25) is 0 Å². The van der Waals surface area contributed by atoms with E-state index in [4.69, 9.17) is 14.4 Å². The summed E-state index contributed by atoms with van der Waals surface area (Å²) in [5.74, 6) is 1.53. The molecule has 2 heterocycles. The largest absolute Gasteiger partial charge is 0.456 e. The van der Waals surface area contributed by atoms with Gasteiger partial charge in [0.1, 0.15) is 11.3 Å². The Morgan fingerprint density at radius 3 is 1.42 bits per heavy atom. The van der Waals surface area contributed by atoms with Crippen LogP contribution >= 0.6 is 0 Å². The number of para-hydroxylation sites is 1. The van der Waals surface area contributed by atoms with Crippen molar-refractivity contribution in [3.63, 3.8) is 0 Å². The molecule has 11 aromatic carbocycles. The molecule has 0 saturated heterocycles. The van der Waals surface area contributed by atoms with Crippen LogP contribution in [0.3, 0.4) is 0 Å². The van der Waals surface area contributed by atoms with Crippen LogP contribution in [-0.2, 0) is 0 Å². The molecule has 0 aliphatic rings. The highest BCUT2D eigenvalue weighted by Crippen LogP contribution is 2.42. The molecule has 2 aromatic heterocycles. The van der Waals surface area contributed by atoms with Crippen LogP contribution in [0.5, 0.6) is 0 Å². The maximum absolute atomic E-state index is 6.17. The third-order valence-electron chi connectivity index (χ3n) is 13.3. The fourth-order valence-electron chi connectivity index (χ4n) is 9.96. The Morgan fingerprint density at radius 1 is 0.269 bits per heavy atom. The Labute approximate surface area is 387 Å². The molecule has 0 saturated carbocycles. The highest BCUT2D eigenvalue weighted by Gasteiger charge is 2.16. The van der Waals surface area contributed by atoms with Gasteiger partial charge in [0.05, 0.1) is 11.4 Å². The average molecular weight is 853 g/mol. The van der Waals surface area contributed by atoms with Crippen LogP contribution in [-0.4, -0.2) is 9.97 Å². The molecule has 0 atom stereocenters. The van der Waals surface area contributed by atoms with Gasteiger partial charge in [-0.25, -0.2) is 9.97 Å². The molecule has 0 unspecified atom stereocenters. The fraction of sp³-hybridized carbons (Fsp3) is 0. The minimum Gasteiger partial charge on any atom is -0.456 e. The number of fused-ring (bicyclic) bond motifs is 6. The first-order chi connectivity index (χ1) is 33.2. The highest BCUT2D eigenvalue weighted by molar-refractivity contribution is 6.20. The van der Waals surface area contributed by atoms with Gasteiger partial charge in [0.2, 0.25) is 0 Å². The summed E-state index contributed by atoms with van der Waals surface area (Å²) < 4.78 is 6.17. The van der Waals surface area contributed by atoms with Gasteiger partial charge < -0.3 is 4.42 Å². The first-order valence-corrected chi connectivity index (χ1v) is 22.8. The molecule has 13 aromatic rings. The van der Waals surface area contributed by atoms with E-state index in [0.717, 1.165) is 55.9 Å². The standard InChI is InChI=1S/C64H40N2O/c1-2-13-48(14-3-1)64-65-59(40-60(66-64)45-28-30-46(31-29-45)62-39-50-16-6-11-21-61(50)67-62)44-26-22-42(23-27-44)52-36-37-53(56-20-10-9-19-55(52)56)43-24-32-47(33-25-43)63-54-18-8-5-15-49(54)38-58-51-17-7-4-12-41(51)34-35-57(58)63/h1-40H. The number of benzene rings is 11. The molecule has 0 spiro atoms. The molecule has 0 aliphatic heterocycles. The number of hydrogen-bond donors (Lipinski definition) is 0. The molecule has 312 valence electrons. The van der Waals surface area contributed by atoms with Gasteiger partial charge in [0, 0.05) is 27.6 Å². The van der Waals surface area contributed by atoms with Gasteiger partial charge in [-0.05, 0) is 101 Å². The number of nitrogens with zero attached hydrogens (tertiary/aromatic N) is 2. The zero-order valence-corrected chi connectivity index (χ0v) is 36.4. The van der Waals surface area contributed by atoms with Gasteiger partial charge in [0.15, 0.2) is 5.82 Å². The average Bonchev–Trinajstić information content (AvgIpc) is 3.85. The van der Waals surface area contributed by atoms with Gasteiger partial charge in [-0.2, -0.15) is 0 Å². The maximum atomic E-state index is 6.17. The molecule has 3 nitrogen and oxygen atoms in total. The smallest absolute Gasteiger partial charge is 0.160 e. The lowest BCUT2D eigenvalue weighted by molar-refractivity contribution is 0.631. The van der Waals surface area contributed by atoms with Gasteiger partial charge >= 0.3 is 0 Å². The summed E-state index contributed by atoms with van der Waals surface area (Å²) in [7, 11) is 0. The quantitative estimate of drug-likeness (QED) is 0.118. The second-order valence-corrected chi connectivity index (χ2v) is 17.3. The lowest BCUT2D eigenvalue weighted by atomic mass is 9.88. The van der Waals surface area contributed by atoms with Crippen LogP contribution in [0.1, 0.15) is 0 Å². The van der Waals surface area contributed by atoms with E-state index in [1.807, 2.05) is 36.4 Å². The third-order valence-corrected chi connectivity index (χ3v) is 13.3. The molecule has 0 radical (unpaired) electrons. The second-order valence-electron chi connectivity index (χ2n) is 17.3. The molecule has 0 N–H and O–H groups in total. The summed E-state index contributed by atoms with van der Waals surface area (Å²) in [6.45, 7) is 0. The molecule has 67 heavy (non-hydrogen) atoms. The van der Waals surface area contributed by atoms with E-state index >= 15 is 0 Å². The van der Waals surface area contributed by atoms with Crippen molar-refractivity contribution in [1.29, 1.82) is 0 Å². The van der Waals surface area contributed by atoms with Crippen molar-refractivity contribution in [2.24, 2.45) is 0 Å². The predicted molar refractivity (Wildman–Crippen MR) is 280 cm³/mol. The summed E-state index contributed by atoms with van der Waals surface area (Å²) in [4.78, 5) is 10.2. The minimum atomic E-state index is 0.687. The first-order valence-electron chi connectivity index (χ1n) is 22.8. The second kappa shape index (κ2) is 16.0. The van der Waals surface area contributed by atoms with Crippen molar-refractivity contribution in [3.8, 4) is 78.6 Å². The van der Waals surface area contributed by atoms with Crippen molar-refractivity contribution >= 4 is 54.1 Å². The van der Waals surface area contributed by atoms with Crippen LogP contribution in [0, 0.1) is 0 Å². The van der Waals surface area contributed by atoms with E-state index < -0.39 is 0 Å². The summed E-state index contributed by atoms with van der Waals surface area (Å²) in [6, 6.07) is 86.6. The summed E-state index contributed by atoms with van der Waals surface area (Å²) in [6.07, 6.45) is 0. The third kappa shape index (κ3) is 6.84. The van der Waals surface area contributed by atoms with Gasteiger partial charge in [-0.15, -0.1) is 0 Å². The van der Waals surface area contributed by atoms with Crippen molar-refractivity contribution in [1.82, 2.24) is 9.97 Å². The lowest BCUT2D eigenvalue weighted by Crippen LogP contribution is -1.96. The van der Waals surface area contributed by atoms with E-state index in [0.29, 0.717) is 5.82 Å². The Bertz CT molecular complexity index is 3970. The Hall–Kier alpha value is -8.92. The van der Waals surface area contributed by atoms with Gasteiger partial charge in [0.25, 0.3) is 0 Å². The molecular weight excluding hydrogens is 813 g/mol. The van der Waals surface area contributed by atoms with E-state index in [1.165, 1.54) is 70.9 Å². The molecule has 0 amide bonds. The monoisotopic (exact) mass is 852 g/mol. The van der Waals surface area contributed by atoms with E-state index in [-0.39, 0.29) is 0 Å². The van der Waals surface area contributed by atoms with Gasteiger partial charge in [-0.3, -0.25) is 0 Å². The number of furan rings is 1. The van der Waals surface area contributed by atoms with Crippen molar-refractivity contribution in [2.45, 2.75) is 0 Å². The van der Waals surface area contributed by atoms with E-state index in [9.17, 15) is 0 Å². The van der Waals surface area contributed by atoms with Crippen LogP contribution in [0.25, 0.3) is 133 Å². The van der Waals surface area contributed by atoms with Crippen molar-refractivity contribution in [3.05, 3.63) is 243 Å². The normalized spacial score (nSPS) is 11.6. The zero-order chi connectivity index (χ0) is 44.3. The van der Waals surface area contributed by atoms with E-state index in [2.05, 4.69) is 206 Å². The molecule has 0 aliphatic carbocycles. The summed E-state index contributed by atoms with van der Waals surface area (Å²) >= 11 is 0. The Kier molecular flexibility index (Phi) is 9.17. The van der Waals surface area contributed by atoms with Crippen LogP contribution in [0.15, 0.2) is 247 Å². The van der Waals surface area contributed by atoms with Gasteiger partial charge in [-0.1, -0.05) is 218 Å². The predicted octanol–water partition coefficient (Wildman–Crippen LogP) is 17.5. The number of hydrogen-bond acceptors (Lipinski definition) is 3. The topological polar surface area (TPSA) is 38.9 Å². The van der Waals surface area contributed by atoms with Crippen LogP contribution < -0.4 is 0 Å². The fourth-order valence-corrected chi connectivity index (χ4v) is 9.96. The molecule has 0 bridgehead atoms. The summed E-state index contributed by atoms with van der Waals surface area (Å²) in [5, 5.41) is 11.1. The SMILES string of the molecule is c1ccc(-c2nc(-c3ccc(-c4cc5ccccc5o4)cc3)cc(-c3ccc(-c4ccc(-c5ccc(-c6c7ccccc7cc7c6ccc6ccccc67)cc5)c5ccccc45)cc3)n2)cc1. The molecular formula is C64H40N2O. The van der Waals surface area contributed by atoms with E-state index in [1.54, 1.807) is 0 Å². The van der Waals surface area contributed by atoms with Crippen LogP contribution in [0.4, 0.5) is 0 Å².